The van der Waals surface area contributed by atoms with Crippen LogP contribution >= 0.6 is 11.3 Å². The summed E-state index contributed by atoms with van der Waals surface area (Å²) in [6, 6.07) is 14.9. The zero-order chi connectivity index (χ0) is 25.5. The van der Waals surface area contributed by atoms with Crippen LogP contribution in [0.3, 0.4) is 0 Å². The van der Waals surface area contributed by atoms with E-state index in [0.29, 0.717) is 22.7 Å². The minimum atomic E-state index is -4.46. The second kappa shape index (κ2) is 11.4. The minimum Gasteiger partial charge on any atom is -0.347 e. The third kappa shape index (κ3) is 6.96. The molecule has 2 aromatic heterocycles. The van der Waals surface area contributed by atoms with Gasteiger partial charge < -0.3 is 5.32 Å². The van der Waals surface area contributed by atoms with Gasteiger partial charge in [0.2, 0.25) is 0 Å². The number of hydrogen-bond donors (Lipinski definition) is 1. The van der Waals surface area contributed by atoms with E-state index in [2.05, 4.69) is 15.3 Å². The van der Waals surface area contributed by atoms with Crippen LogP contribution < -0.4 is 5.32 Å². The summed E-state index contributed by atoms with van der Waals surface area (Å²) in [5.41, 5.74) is 1.19. The Morgan fingerprint density at radius 3 is 2.53 bits per heavy atom. The van der Waals surface area contributed by atoms with Crippen molar-refractivity contribution < 1.29 is 22.4 Å². The molecule has 5 nitrogen and oxygen atoms in total. The van der Waals surface area contributed by atoms with Crippen LogP contribution in [-0.2, 0) is 32.4 Å². The van der Waals surface area contributed by atoms with Crippen LogP contribution in [0.2, 0.25) is 0 Å². The largest absolute Gasteiger partial charge is 0.416 e. The van der Waals surface area contributed by atoms with Crippen LogP contribution in [0.5, 0.6) is 0 Å². The summed E-state index contributed by atoms with van der Waals surface area (Å²) in [5, 5.41) is 5.00. The number of thiazole rings is 1. The highest BCUT2D eigenvalue weighted by atomic mass is 32.1. The van der Waals surface area contributed by atoms with Crippen molar-refractivity contribution in [3.63, 3.8) is 0 Å². The van der Waals surface area contributed by atoms with Gasteiger partial charge in [0.1, 0.15) is 16.5 Å². The fourth-order valence-electron chi connectivity index (χ4n) is 3.59. The molecule has 0 spiro atoms. The summed E-state index contributed by atoms with van der Waals surface area (Å²) < 4.78 is 53.9. The Kier molecular flexibility index (Phi) is 8.07. The normalized spacial score (nSPS) is 11.6. The van der Waals surface area contributed by atoms with Gasteiger partial charge in [-0.3, -0.25) is 14.7 Å². The maximum Gasteiger partial charge on any atom is 0.416 e. The van der Waals surface area contributed by atoms with Crippen LogP contribution in [0.4, 0.5) is 17.6 Å². The van der Waals surface area contributed by atoms with E-state index >= 15 is 0 Å². The van der Waals surface area contributed by atoms with Crippen LogP contribution in [0.1, 0.15) is 37.7 Å². The molecule has 1 N–H and O–H groups in total. The van der Waals surface area contributed by atoms with Crippen molar-refractivity contribution in [2.24, 2.45) is 0 Å². The van der Waals surface area contributed by atoms with Gasteiger partial charge in [0.15, 0.2) is 0 Å². The van der Waals surface area contributed by atoms with Gasteiger partial charge in [-0.15, -0.1) is 11.3 Å². The number of rotatable bonds is 9. The van der Waals surface area contributed by atoms with Crippen molar-refractivity contribution in [3.05, 3.63) is 117 Å². The Labute approximate surface area is 209 Å². The van der Waals surface area contributed by atoms with E-state index in [-0.39, 0.29) is 31.2 Å². The molecule has 0 saturated heterocycles. The van der Waals surface area contributed by atoms with Crippen LogP contribution in [0.25, 0.3) is 0 Å². The van der Waals surface area contributed by atoms with Crippen molar-refractivity contribution in [1.29, 1.82) is 0 Å². The lowest BCUT2D eigenvalue weighted by atomic mass is 10.1. The number of hydrogen-bond acceptors (Lipinski definition) is 5. The van der Waals surface area contributed by atoms with Crippen molar-refractivity contribution in [2.75, 3.05) is 0 Å². The number of benzene rings is 2. The smallest absolute Gasteiger partial charge is 0.347 e. The van der Waals surface area contributed by atoms with E-state index < -0.39 is 17.6 Å². The first-order valence-corrected chi connectivity index (χ1v) is 11.9. The number of alkyl halides is 3. The van der Waals surface area contributed by atoms with E-state index in [1.165, 1.54) is 23.5 Å². The van der Waals surface area contributed by atoms with Crippen molar-refractivity contribution >= 4 is 17.2 Å². The molecule has 186 valence electrons. The number of halogens is 4. The second-order valence-electron chi connectivity index (χ2n) is 8.11. The fraction of sp³-hybridized carbons (Fsp3) is 0.192. The summed E-state index contributed by atoms with van der Waals surface area (Å²) in [5.74, 6) is -0.749. The van der Waals surface area contributed by atoms with Crippen LogP contribution in [0, 0.1) is 5.82 Å². The molecular formula is C26H22F4N4OS. The molecular weight excluding hydrogens is 492 g/mol. The molecule has 4 aromatic rings. The first-order chi connectivity index (χ1) is 17.3. The monoisotopic (exact) mass is 514 g/mol. The van der Waals surface area contributed by atoms with Gasteiger partial charge in [-0.25, -0.2) is 9.37 Å². The third-order valence-corrected chi connectivity index (χ3v) is 6.16. The Balaban J connectivity index is 1.49. The molecule has 0 fully saturated rings. The average molecular weight is 515 g/mol. The third-order valence-electron chi connectivity index (χ3n) is 5.33. The molecule has 0 unspecified atom stereocenters. The molecule has 1 amide bonds. The van der Waals surface area contributed by atoms with Crippen molar-refractivity contribution in [2.45, 2.75) is 32.4 Å². The maximum absolute atomic E-state index is 14.3. The first-order valence-electron chi connectivity index (χ1n) is 11.0. The zero-order valence-electron chi connectivity index (χ0n) is 19.0. The molecule has 0 bridgehead atoms. The lowest BCUT2D eigenvalue weighted by Crippen LogP contribution is -2.24. The molecule has 10 heteroatoms. The standard InChI is InChI=1S/C26H22F4N4OS/c27-22-9-2-1-7-20(22)15-34(14-18-5-3-8-21(11-18)26(28,29)30)16-24-33-23(17-36-24)25(35)32-13-19-6-4-10-31-12-19/h1-12,17H,13-16H2,(H,32,35). The Morgan fingerprint density at radius 1 is 0.972 bits per heavy atom. The summed E-state index contributed by atoms with van der Waals surface area (Å²) >= 11 is 1.26. The SMILES string of the molecule is O=C(NCc1cccnc1)c1csc(CN(Cc2cccc(C(F)(F)F)c2)Cc2ccccc2F)n1. The maximum atomic E-state index is 14.3. The Morgan fingerprint density at radius 2 is 1.78 bits per heavy atom. The number of carbonyl (C=O) groups is 1. The van der Waals surface area contributed by atoms with Gasteiger partial charge in [-0.2, -0.15) is 13.2 Å². The van der Waals surface area contributed by atoms with Gasteiger partial charge in [-0.05, 0) is 29.3 Å². The predicted molar refractivity (Wildman–Crippen MR) is 128 cm³/mol. The van der Waals surface area contributed by atoms with Gasteiger partial charge in [-0.1, -0.05) is 42.5 Å². The summed E-state index contributed by atoms with van der Waals surface area (Å²) in [7, 11) is 0. The summed E-state index contributed by atoms with van der Waals surface area (Å²) in [4.78, 5) is 22.7. The van der Waals surface area contributed by atoms with Crippen molar-refractivity contribution in [1.82, 2.24) is 20.2 Å². The van der Waals surface area contributed by atoms with Crippen LogP contribution in [-0.4, -0.2) is 20.8 Å². The van der Waals surface area contributed by atoms with E-state index in [4.69, 9.17) is 0 Å². The lowest BCUT2D eigenvalue weighted by molar-refractivity contribution is -0.137. The van der Waals surface area contributed by atoms with Gasteiger partial charge in [0.05, 0.1) is 12.1 Å². The topological polar surface area (TPSA) is 58.1 Å². The lowest BCUT2D eigenvalue weighted by Gasteiger charge is -2.22. The Bertz CT molecular complexity index is 1310. The molecule has 4 rings (SSSR count). The van der Waals surface area contributed by atoms with Crippen LogP contribution in [0.15, 0.2) is 78.4 Å². The molecule has 36 heavy (non-hydrogen) atoms. The molecule has 2 aromatic carbocycles. The zero-order valence-corrected chi connectivity index (χ0v) is 19.8. The quantitative estimate of drug-likeness (QED) is 0.286. The average Bonchev–Trinajstić information content (AvgIpc) is 3.33. The molecule has 0 aliphatic heterocycles. The van der Waals surface area contributed by atoms with Gasteiger partial charge in [0, 0.05) is 43.0 Å². The summed E-state index contributed by atoms with van der Waals surface area (Å²) in [6.07, 6.45) is -1.16. The molecule has 0 aliphatic carbocycles. The highest BCUT2D eigenvalue weighted by Gasteiger charge is 2.30. The molecule has 0 radical (unpaired) electrons. The van der Waals surface area contributed by atoms with Gasteiger partial charge >= 0.3 is 6.18 Å². The number of aromatic nitrogens is 2. The number of nitrogens with zero attached hydrogens (tertiary/aromatic N) is 3. The van der Waals surface area contributed by atoms with E-state index in [0.717, 1.165) is 17.7 Å². The van der Waals surface area contributed by atoms with E-state index in [1.807, 2.05) is 6.07 Å². The molecule has 0 atom stereocenters. The van der Waals surface area contributed by atoms with Crippen molar-refractivity contribution in [3.8, 4) is 0 Å². The highest BCUT2D eigenvalue weighted by Crippen LogP contribution is 2.30. The predicted octanol–water partition coefficient (Wildman–Crippen LogP) is 5.83. The highest BCUT2D eigenvalue weighted by molar-refractivity contribution is 7.09. The Hall–Kier alpha value is -3.63. The number of amides is 1. The fourth-order valence-corrected chi connectivity index (χ4v) is 4.41. The minimum absolute atomic E-state index is 0.139. The van der Waals surface area contributed by atoms with E-state index in [1.54, 1.807) is 53.0 Å². The number of nitrogens with one attached hydrogen (secondary N) is 1. The first kappa shape index (κ1) is 25.5. The molecule has 0 saturated carbocycles. The molecule has 0 aliphatic rings. The number of carbonyl (C=O) groups excluding carboxylic acids is 1. The van der Waals surface area contributed by atoms with Gasteiger partial charge in [0.25, 0.3) is 5.91 Å². The second-order valence-corrected chi connectivity index (χ2v) is 9.05. The molecule has 2 heterocycles. The summed E-state index contributed by atoms with van der Waals surface area (Å²) in [6.45, 7) is 0.824. The number of pyridine rings is 1. The van der Waals surface area contributed by atoms with E-state index in [9.17, 15) is 22.4 Å².